The molecule has 1 N–H and O–H groups in total. The number of thiophene rings is 1. The summed E-state index contributed by atoms with van der Waals surface area (Å²) in [5, 5.41) is 2.71. The molecule has 0 saturated carbocycles. The van der Waals surface area contributed by atoms with Gasteiger partial charge in [-0.3, -0.25) is 9.00 Å². The molecule has 4 nitrogen and oxygen atoms in total. The van der Waals surface area contributed by atoms with E-state index < -0.39 is 23.3 Å². The van der Waals surface area contributed by atoms with E-state index in [1.54, 1.807) is 6.92 Å². The van der Waals surface area contributed by atoms with Crippen LogP contribution in [0.3, 0.4) is 0 Å². The van der Waals surface area contributed by atoms with Crippen molar-refractivity contribution in [1.82, 2.24) is 5.32 Å². The fourth-order valence-electron chi connectivity index (χ4n) is 1.86. The minimum Gasteiger partial charge on any atom is -0.433 e. The highest BCUT2D eigenvalue weighted by Gasteiger charge is 2.26. The number of hydrogen-bond acceptors (Lipinski definition) is 4. The van der Waals surface area contributed by atoms with Crippen molar-refractivity contribution < 1.29 is 22.5 Å². The minimum atomic E-state index is -2.96. The van der Waals surface area contributed by atoms with Crippen LogP contribution in [0.15, 0.2) is 6.07 Å². The number of amides is 1. The van der Waals surface area contributed by atoms with Crippen LogP contribution in [0.2, 0.25) is 0 Å². The van der Waals surface area contributed by atoms with Gasteiger partial charge in [0, 0.05) is 33.2 Å². The Balaban J connectivity index is 2.07. The van der Waals surface area contributed by atoms with Crippen molar-refractivity contribution in [3.8, 4) is 5.75 Å². The summed E-state index contributed by atoms with van der Waals surface area (Å²) in [6.07, 6.45) is 0.647. The summed E-state index contributed by atoms with van der Waals surface area (Å²) >= 11 is 1.10. The van der Waals surface area contributed by atoms with E-state index in [1.165, 1.54) is 6.07 Å². The van der Waals surface area contributed by atoms with Gasteiger partial charge < -0.3 is 10.1 Å². The van der Waals surface area contributed by atoms with Gasteiger partial charge in [0.2, 0.25) is 0 Å². The van der Waals surface area contributed by atoms with Crippen molar-refractivity contribution in [3.63, 3.8) is 0 Å². The molecule has 2 rings (SSSR count). The van der Waals surface area contributed by atoms with E-state index in [1.807, 2.05) is 0 Å². The molecular formula is C11H13F2NO3S2. The first-order chi connectivity index (χ1) is 8.95. The third-order valence-corrected chi connectivity index (χ3v) is 5.16. The second-order valence-electron chi connectivity index (χ2n) is 4.20. The minimum absolute atomic E-state index is 0.103. The zero-order chi connectivity index (χ0) is 14.0. The molecule has 1 amide bonds. The first-order valence-electron chi connectivity index (χ1n) is 5.67. The predicted molar refractivity (Wildman–Crippen MR) is 69.4 cm³/mol. The van der Waals surface area contributed by atoms with Crippen molar-refractivity contribution in [3.05, 3.63) is 15.8 Å². The highest BCUT2D eigenvalue weighted by Crippen LogP contribution is 2.30. The zero-order valence-electron chi connectivity index (χ0n) is 10.2. The summed E-state index contributed by atoms with van der Waals surface area (Å²) in [4.78, 5) is 12.9. The van der Waals surface area contributed by atoms with Crippen molar-refractivity contribution in [2.75, 3.05) is 11.5 Å². The van der Waals surface area contributed by atoms with Gasteiger partial charge in [-0.2, -0.15) is 8.78 Å². The Bertz CT molecular complexity index is 504. The molecule has 19 heavy (non-hydrogen) atoms. The van der Waals surface area contributed by atoms with Gasteiger partial charge >= 0.3 is 6.61 Å². The lowest BCUT2D eigenvalue weighted by Gasteiger charge is -2.11. The molecule has 1 fully saturated rings. The Morgan fingerprint density at radius 2 is 2.37 bits per heavy atom. The first kappa shape index (κ1) is 14.4. The van der Waals surface area contributed by atoms with Gasteiger partial charge in [0.1, 0.15) is 10.6 Å². The summed E-state index contributed by atoms with van der Waals surface area (Å²) in [6.45, 7) is -1.25. The van der Waals surface area contributed by atoms with E-state index >= 15 is 0 Å². The Labute approximate surface area is 115 Å². The lowest BCUT2D eigenvalue weighted by molar-refractivity contribution is -0.0498. The smallest absolute Gasteiger partial charge is 0.387 e. The van der Waals surface area contributed by atoms with Crippen LogP contribution < -0.4 is 10.1 Å². The Kier molecular flexibility index (Phi) is 4.51. The fourth-order valence-corrected chi connectivity index (χ4v) is 4.12. The highest BCUT2D eigenvalue weighted by atomic mass is 32.2. The molecule has 0 radical (unpaired) electrons. The largest absolute Gasteiger partial charge is 0.433 e. The number of alkyl halides is 2. The lowest BCUT2D eigenvalue weighted by Crippen LogP contribution is -2.35. The molecule has 8 heteroatoms. The maximum absolute atomic E-state index is 12.2. The Morgan fingerprint density at radius 1 is 1.63 bits per heavy atom. The molecule has 1 aliphatic rings. The molecule has 0 unspecified atom stereocenters. The van der Waals surface area contributed by atoms with Crippen molar-refractivity contribution in [2.24, 2.45) is 0 Å². The van der Waals surface area contributed by atoms with Crippen LogP contribution in [-0.4, -0.2) is 34.3 Å². The topological polar surface area (TPSA) is 55.4 Å². The maximum Gasteiger partial charge on any atom is 0.387 e. The number of halogens is 2. The van der Waals surface area contributed by atoms with Crippen molar-refractivity contribution >= 4 is 28.0 Å². The second-order valence-corrected chi connectivity index (χ2v) is 7.08. The third-order valence-electron chi connectivity index (χ3n) is 2.66. The van der Waals surface area contributed by atoms with E-state index in [4.69, 9.17) is 0 Å². The van der Waals surface area contributed by atoms with E-state index in [0.29, 0.717) is 17.9 Å². The number of ether oxygens (including phenoxy) is 1. The van der Waals surface area contributed by atoms with E-state index in [0.717, 1.165) is 16.2 Å². The van der Waals surface area contributed by atoms with E-state index in [2.05, 4.69) is 10.1 Å². The van der Waals surface area contributed by atoms with Gasteiger partial charge in [-0.25, -0.2) is 0 Å². The summed E-state index contributed by atoms with van der Waals surface area (Å²) in [5.41, 5.74) is 0. The summed E-state index contributed by atoms with van der Waals surface area (Å²) < 4.78 is 40.0. The number of carbonyl (C=O) groups excluding carboxylic acids is 1. The van der Waals surface area contributed by atoms with Gasteiger partial charge in [0.15, 0.2) is 0 Å². The molecule has 0 aromatic carbocycles. The first-order valence-corrected chi connectivity index (χ1v) is 7.97. The number of hydrogen-bond donors (Lipinski definition) is 1. The quantitative estimate of drug-likeness (QED) is 0.924. The van der Waals surface area contributed by atoms with Crippen LogP contribution in [0.5, 0.6) is 5.75 Å². The van der Waals surface area contributed by atoms with Crippen LogP contribution in [0.1, 0.15) is 21.0 Å². The molecule has 106 valence electrons. The van der Waals surface area contributed by atoms with Crippen LogP contribution >= 0.6 is 11.3 Å². The Morgan fingerprint density at radius 3 is 2.95 bits per heavy atom. The zero-order valence-corrected chi connectivity index (χ0v) is 11.8. The van der Waals surface area contributed by atoms with Gasteiger partial charge in [0.25, 0.3) is 5.91 Å². The second kappa shape index (κ2) is 5.96. The Hall–Kier alpha value is -1.02. The lowest BCUT2D eigenvalue weighted by atomic mass is 10.2. The van der Waals surface area contributed by atoms with E-state index in [9.17, 15) is 17.8 Å². The van der Waals surface area contributed by atoms with Crippen LogP contribution in [-0.2, 0) is 10.8 Å². The molecule has 0 bridgehead atoms. The molecular weight excluding hydrogens is 296 g/mol. The van der Waals surface area contributed by atoms with Gasteiger partial charge in [-0.1, -0.05) is 0 Å². The summed E-state index contributed by atoms with van der Waals surface area (Å²) in [7, 11) is -0.898. The molecule has 2 atom stereocenters. The molecule has 1 aromatic rings. The van der Waals surface area contributed by atoms with Crippen LogP contribution in [0, 0.1) is 6.92 Å². The van der Waals surface area contributed by atoms with Gasteiger partial charge in [-0.15, -0.1) is 11.3 Å². The van der Waals surface area contributed by atoms with Crippen molar-refractivity contribution in [1.29, 1.82) is 0 Å². The summed E-state index contributed by atoms with van der Waals surface area (Å²) in [5.74, 6) is 0.433. The predicted octanol–water partition coefficient (Wildman–Crippen LogP) is 1.91. The van der Waals surface area contributed by atoms with Crippen molar-refractivity contribution in [2.45, 2.75) is 26.0 Å². The highest BCUT2D eigenvalue weighted by molar-refractivity contribution is 7.85. The molecule has 0 aliphatic carbocycles. The maximum atomic E-state index is 12.2. The number of carbonyl (C=O) groups is 1. The number of nitrogens with one attached hydrogen (secondary N) is 1. The molecule has 1 saturated heterocycles. The fraction of sp³-hybridized carbons (Fsp3) is 0.545. The monoisotopic (exact) mass is 309 g/mol. The van der Waals surface area contributed by atoms with Gasteiger partial charge in [0.05, 0.1) is 0 Å². The number of aryl methyl sites for hydroxylation is 1. The SMILES string of the molecule is Cc1cc(OC(F)F)c(C(=O)N[C@H]2CC[S@](=O)C2)s1. The normalized spacial score (nSPS) is 22.7. The van der Waals surface area contributed by atoms with Crippen LogP contribution in [0.4, 0.5) is 8.78 Å². The molecule has 0 spiro atoms. The summed E-state index contributed by atoms with van der Waals surface area (Å²) in [6, 6.07) is 1.26. The van der Waals surface area contributed by atoms with Crippen LogP contribution in [0.25, 0.3) is 0 Å². The standard InChI is InChI=1S/C11H13F2NO3S2/c1-6-4-8(17-11(12)13)9(18-6)10(15)14-7-2-3-19(16)5-7/h4,7,11H,2-3,5H2,1H3,(H,14,15)/t7-,19-/m0/s1. The average Bonchev–Trinajstić information content (AvgIpc) is 2.84. The molecule has 1 aromatic heterocycles. The molecule has 1 aliphatic heterocycles. The molecule has 2 heterocycles. The third kappa shape index (κ3) is 3.73. The van der Waals surface area contributed by atoms with Gasteiger partial charge in [-0.05, 0) is 19.4 Å². The van der Waals surface area contributed by atoms with E-state index in [-0.39, 0.29) is 16.7 Å². The number of rotatable bonds is 4. The average molecular weight is 309 g/mol.